The van der Waals surface area contributed by atoms with Crippen LogP contribution < -0.4 is 5.32 Å². The molecule has 2 rings (SSSR count). The number of nitrogens with one attached hydrogen (secondary N) is 1. The number of hydrogen-bond acceptors (Lipinski definition) is 2. The molecule has 1 heterocycles. The monoisotopic (exact) mass is 339 g/mol. The standard InChI is InChI=1S/C17H20F3N3O/c1-11-15(12(2)23(3)22-11)10-16(24)21-9-8-13-4-6-14(7-5-13)17(18,19)20/h4-7H,8-10H2,1-3H3,(H,21,24). The molecule has 0 saturated heterocycles. The first kappa shape index (κ1) is 18.0. The van der Waals surface area contributed by atoms with E-state index in [1.807, 2.05) is 20.9 Å². The third-order valence-electron chi connectivity index (χ3n) is 4.01. The smallest absolute Gasteiger partial charge is 0.355 e. The molecule has 0 saturated carbocycles. The summed E-state index contributed by atoms with van der Waals surface area (Å²) in [6, 6.07) is 4.98. The van der Waals surface area contributed by atoms with Crippen molar-refractivity contribution in [2.24, 2.45) is 7.05 Å². The second-order valence-corrected chi connectivity index (χ2v) is 5.74. The predicted molar refractivity (Wildman–Crippen MR) is 84.5 cm³/mol. The average molecular weight is 339 g/mol. The van der Waals surface area contributed by atoms with Crippen LogP contribution in [0.15, 0.2) is 24.3 Å². The van der Waals surface area contributed by atoms with Crippen molar-refractivity contribution in [3.63, 3.8) is 0 Å². The molecule has 7 heteroatoms. The van der Waals surface area contributed by atoms with E-state index in [-0.39, 0.29) is 12.3 Å². The third-order valence-corrected chi connectivity index (χ3v) is 4.01. The zero-order chi connectivity index (χ0) is 17.9. The molecule has 0 fully saturated rings. The molecule has 4 nitrogen and oxygen atoms in total. The summed E-state index contributed by atoms with van der Waals surface area (Å²) in [4.78, 5) is 12.0. The summed E-state index contributed by atoms with van der Waals surface area (Å²) in [5, 5.41) is 7.05. The molecule has 0 aliphatic rings. The van der Waals surface area contributed by atoms with E-state index in [1.54, 1.807) is 4.68 Å². The van der Waals surface area contributed by atoms with Gasteiger partial charge in [0.2, 0.25) is 5.91 Å². The van der Waals surface area contributed by atoms with Gasteiger partial charge in [-0.3, -0.25) is 9.48 Å². The van der Waals surface area contributed by atoms with Crippen LogP contribution in [0.4, 0.5) is 13.2 Å². The van der Waals surface area contributed by atoms with Crippen molar-refractivity contribution in [3.8, 4) is 0 Å². The Hall–Kier alpha value is -2.31. The maximum Gasteiger partial charge on any atom is 0.416 e. The topological polar surface area (TPSA) is 46.9 Å². The van der Waals surface area contributed by atoms with Crippen LogP contribution in [-0.2, 0) is 30.9 Å². The Balaban J connectivity index is 1.84. The lowest BCUT2D eigenvalue weighted by molar-refractivity contribution is -0.137. The van der Waals surface area contributed by atoms with Crippen LogP contribution in [-0.4, -0.2) is 22.2 Å². The Kier molecular flexibility index (Phi) is 5.31. The Morgan fingerprint density at radius 1 is 1.21 bits per heavy atom. The van der Waals surface area contributed by atoms with E-state index in [0.29, 0.717) is 13.0 Å². The first-order chi connectivity index (χ1) is 11.2. The summed E-state index contributed by atoms with van der Waals surface area (Å²) in [6.45, 7) is 4.14. The number of benzene rings is 1. The molecule has 1 amide bonds. The lowest BCUT2D eigenvalue weighted by Crippen LogP contribution is -2.27. The number of aryl methyl sites for hydroxylation is 2. The van der Waals surface area contributed by atoms with Crippen molar-refractivity contribution in [2.45, 2.75) is 32.9 Å². The van der Waals surface area contributed by atoms with Crippen molar-refractivity contribution in [2.75, 3.05) is 6.54 Å². The fourth-order valence-electron chi connectivity index (χ4n) is 2.50. The maximum atomic E-state index is 12.5. The summed E-state index contributed by atoms with van der Waals surface area (Å²) in [7, 11) is 1.83. The minimum Gasteiger partial charge on any atom is -0.355 e. The van der Waals surface area contributed by atoms with E-state index in [4.69, 9.17) is 0 Å². The van der Waals surface area contributed by atoms with Crippen LogP contribution in [0, 0.1) is 13.8 Å². The number of hydrogen-bond donors (Lipinski definition) is 1. The highest BCUT2D eigenvalue weighted by molar-refractivity contribution is 5.79. The van der Waals surface area contributed by atoms with E-state index in [1.165, 1.54) is 12.1 Å². The quantitative estimate of drug-likeness (QED) is 0.910. The molecule has 0 aliphatic heterocycles. The Labute approximate surface area is 138 Å². The first-order valence-corrected chi connectivity index (χ1v) is 7.60. The third kappa shape index (κ3) is 4.37. The number of nitrogens with zero attached hydrogens (tertiary/aromatic N) is 2. The molecule has 2 aromatic rings. The van der Waals surface area contributed by atoms with Gasteiger partial charge in [0.05, 0.1) is 17.7 Å². The zero-order valence-electron chi connectivity index (χ0n) is 13.9. The lowest BCUT2D eigenvalue weighted by atomic mass is 10.1. The van der Waals surface area contributed by atoms with E-state index >= 15 is 0 Å². The Morgan fingerprint density at radius 2 is 1.83 bits per heavy atom. The molecule has 130 valence electrons. The molecule has 0 radical (unpaired) electrons. The molecule has 0 spiro atoms. The highest BCUT2D eigenvalue weighted by Gasteiger charge is 2.29. The van der Waals surface area contributed by atoms with Gasteiger partial charge in [0.1, 0.15) is 0 Å². The van der Waals surface area contributed by atoms with E-state index in [2.05, 4.69) is 10.4 Å². The molecule has 0 unspecified atom stereocenters. The van der Waals surface area contributed by atoms with Gasteiger partial charge in [-0.15, -0.1) is 0 Å². The number of rotatable bonds is 5. The molecule has 0 bridgehead atoms. The van der Waals surface area contributed by atoms with E-state index < -0.39 is 11.7 Å². The van der Waals surface area contributed by atoms with Crippen LogP contribution in [0.2, 0.25) is 0 Å². The second-order valence-electron chi connectivity index (χ2n) is 5.74. The van der Waals surface area contributed by atoms with Gasteiger partial charge in [0.15, 0.2) is 0 Å². The lowest BCUT2D eigenvalue weighted by Gasteiger charge is -2.08. The number of halogens is 3. The molecular formula is C17H20F3N3O. The van der Waals surface area contributed by atoms with Gasteiger partial charge in [-0.25, -0.2) is 0 Å². The van der Waals surface area contributed by atoms with E-state index in [0.717, 1.165) is 34.6 Å². The minimum absolute atomic E-state index is 0.124. The van der Waals surface area contributed by atoms with Gasteiger partial charge >= 0.3 is 6.18 Å². The number of amides is 1. The van der Waals surface area contributed by atoms with Crippen LogP contribution in [0.5, 0.6) is 0 Å². The molecule has 24 heavy (non-hydrogen) atoms. The minimum atomic E-state index is -4.33. The van der Waals surface area contributed by atoms with Crippen LogP contribution in [0.25, 0.3) is 0 Å². The number of alkyl halides is 3. The van der Waals surface area contributed by atoms with Gasteiger partial charge in [0, 0.05) is 24.8 Å². The summed E-state index contributed by atoms with van der Waals surface area (Å²) >= 11 is 0. The van der Waals surface area contributed by atoms with Crippen LogP contribution >= 0.6 is 0 Å². The van der Waals surface area contributed by atoms with Crippen molar-refractivity contribution >= 4 is 5.91 Å². The molecule has 0 atom stereocenters. The predicted octanol–water partition coefficient (Wildman–Crippen LogP) is 2.96. The largest absolute Gasteiger partial charge is 0.416 e. The van der Waals surface area contributed by atoms with Crippen molar-refractivity contribution in [3.05, 3.63) is 52.3 Å². The molecule has 1 aromatic heterocycles. The number of carbonyl (C=O) groups is 1. The summed E-state index contributed by atoms with van der Waals surface area (Å²) < 4.78 is 39.2. The molecule has 1 N–H and O–H groups in total. The van der Waals surface area contributed by atoms with Crippen molar-refractivity contribution in [1.29, 1.82) is 0 Å². The van der Waals surface area contributed by atoms with Crippen molar-refractivity contribution < 1.29 is 18.0 Å². The SMILES string of the molecule is Cc1nn(C)c(C)c1CC(=O)NCCc1ccc(C(F)(F)F)cc1. The van der Waals surface area contributed by atoms with Gasteiger partial charge in [0.25, 0.3) is 0 Å². The number of carbonyl (C=O) groups excluding carboxylic acids is 1. The van der Waals surface area contributed by atoms with Gasteiger partial charge in [-0.2, -0.15) is 18.3 Å². The summed E-state index contributed by atoms with van der Waals surface area (Å²) in [5.41, 5.74) is 2.76. The average Bonchev–Trinajstić information content (AvgIpc) is 2.73. The first-order valence-electron chi connectivity index (χ1n) is 7.60. The zero-order valence-corrected chi connectivity index (χ0v) is 13.9. The van der Waals surface area contributed by atoms with Gasteiger partial charge in [-0.1, -0.05) is 12.1 Å². The second kappa shape index (κ2) is 7.07. The normalized spacial score (nSPS) is 11.6. The molecule has 0 aliphatic carbocycles. The number of aromatic nitrogens is 2. The van der Waals surface area contributed by atoms with Crippen molar-refractivity contribution in [1.82, 2.24) is 15.1 Å². The summed E-state index contributed by atoms with van der Waals surface area (Å²) in [5.74, 6) is -0.124. The fraction of sp³-hybridized carbons (Fsp3) is 0.412. The molecule has 1 aromatic carbocycles. The Bertz CT molecular complexity index is 718. The van der Waals surface area contributed by atoms with Gasteiger partial charge in [-0.05, 0) is 38.0 Å². The Morgan fingerprint density at radius 3 is 2.33 bits per heavy atom. The fourth-order valence-corrected chi connectivity index (χ4v) is 2.50. The van der Waals surface area contributed by atoms with E-state index in [9.17, 15) is 18.0 Å². The van der Waals surface area contributed by atoms with Crippen LogP contribution in [0.1, 0.15) is 28.1 Å². The highest BCUT2D eigenvalue weighted by atomic mass is 19.4. The summed E-state index contributed by atoms with van der Waals surface area (Å²) in [6.07, 6.45) is -3.60. The molecular weight excluding hydrogens is 319 g/mol. The highest BCUT2D eigenvalue weighted by Crippen LogP contribution is 2.29. The van der Waals surface area contributed by atoms with Gasteiger partial charge < -0.3 is 5.32 Å². The van der Waals surface area contributed by atoms with Crippen LogP contribution in [0.3, 0.4) is 0 Å². The maximum absolute atomic E-state index is 12.5.